The molecule has 0 bridgehead atoms. The van der Waals surface area contributed by atoms with E-state index in [9.17, 15) is 23.1 Å². The summed E-state index contributed by atoms with van der Waals surface area (Å²) >= 11 is 0. The highest BCUT2D eigenvalue weighted by atomic mass is 19.4. The number of nitrogens with zero attached hydrogens (tertiary/aromatic N) is 1. The van der Waals surface area contributed by atoms with E-state index in [1.54, 1.807) is 38.1 Å². The average Bonchev–Trinajstić information content (AvgIpc) is 2.73. The Balaban J connectivity index is 2.02. The molecule has 2 aromatic carbocycles. The molecule has 0 aliphatic rings. The van der Waals surface area contributed by atoms with Crippen LogP contribution in [0.2, 0.25) is 0 Å². The molecule has 3 rings (SSSR count). The molecule has 0 amide bonds. The topological polar surface area (TPSA) is 76.2 Å². The van der Waals surface area contributed by atoms with Crippen molar-refractivity contribution < 1.29 is 23.1 Å². The molecule has 162 valence electrons. The van der Waals surface area contributed by atoms with Gasteiger partial charge < -0.3 is 10.8 Å². The van der Waals surface area contributed by atoms with Crippen LogP contribution in [-0.2, 0) is 11.6 Å². The fraction of sp³-hybridized carbons (Fsp3) is 0.250. The van der Waals surface area contributed by atoms with Crippen molar-refractivity contribution in [2.24, 2.45) is 5.73 Å². The van der Waals surface area contributed by atoms with E-state index >= 15 is 0 Å². The lowest BCUT2D eigenvalue weighted by Gasteiger charge is -2.32. The van der Waals surface area contributed by atoms with E-state index in [1.165, 1.54) is 18.2 Å². The fourth-order valence-corrected chi connectivity index (χ4v) is 3.45. The highest BCUT2D eigenvalue weighted by molar-refractivity contribution is 5.89. The molecule has 1 atom stereocenters. The van der Waals surface area contributed by atoms with E-state index in [1.807, 2.05) is 13.0 Å². The minimum Gasteiger partial charge on any atom is -0.478 e. The normalized spacial score (nSPS) is 13.1. The van der Waals surface area contributed by atoms with Crippen LogP contribution < -0.4 is 5.73 Å². The van der Waals surface area contributed by atoms with Gasteiger partial charge in [0.1, 0.15) is 0 Å². The Bertz CT molecular complexity index is 1120. The van der Waals surface area contributed by atoms with Crippen LogP contribution in [0.1, 0.15) is 52.6 Å². The fourth-order valence-electron chi connectivity index (χ4n) is 3.45. The van der Waals surface area contributed by atoms with Crippen molar-refractivity contribution in [1.82, 2.24) is 4.98 Å². The quantitative estimate of drug-likeness (QED) is 0.542. The molecule has 1 heterocycles. The molecule has 4 nitrogen and oxygen atoms in total. The number of carboxylic acids is 1. The molecule has 1 aromatic heterocycles. The van der Waals surface area contributed by atoms with Crippen LogP contribution in [0.4, 0.5) is 13.2 Å². The second-order valence-corrected chi connectivity index (χ2v) is 8.07. The molecule has 7 heteroatoms. The zero-order valence-electron chi connectivity index (χ0n) is 17.4. The molecule has 0 saturated carbocycles. The first-order chi connectivity index (χ1) is 14.4. The Labute approximate surface area is 178 Å². The number of alkyl halides is 3. The number of halogens is 3. The summed E-state index contributed by atoms with van der Waals surface area (Å²) in [6, 6.07) is 14.4. The highest BCUT2D eigenvalue weighted by Crippen LogP contribution is 2.38. The SMILES string of the molecule is Cc1ccc(C(N)C(C)(C)c2cccc(C(F)(F)F)c2)nc1-c1cccc(C(=O)O)c1. The van der Waals surface area contributed by atoms with Crippen molar-refractivity contribution in [1.29, 1.82) is 0 Å². The Morgan fingerprint density at radius 3 is 2.29 bits per heavy atom. The molecule has 1 unspecified atom stereocenters. The van der Waals surface area contributed by atoms with Crippen molar-refractivity contribution in [2.45, 2.75) is 38.4 Å². The predicted octanol–water partition coefficient (Wildman–Crippen LogP) is 5.75. The van der Waals surface area contributed by atoms with Crippen LogP contribution >= 0.6 is 0 Å². The smallest absolute Gasteiger partial charge is 0.416 e. The van der Waals surface area contributed by atoms with Crippen molar-refractivity contribution in [2.75, 3.05) is 0 Å². The zero-order valence-corrected chi connectivity index (χ0v) is 17.4. The number of aromatic nitrogens is 1. The number of aromatic carboxylic acids is 1. The summed E-state index contributed by atoms with van der Waals surface area (Å²) in [6.45, 7) is 5.40. The van der Waals surface area contributed by atoms with E-state index in [2.05, 4.69) is 4.98 Å². The summed E-state index contributed by atoms with van der Waals surface area (Å²) in [4.78, 5) is 16.0. The van der Waals surface area contributed by atoms with Gasteiger partial charge in [-0.05, 0) is 42.3 Å². The van der Waals surface area contributed by atoms with Gasteiger partial charge in [-0.1, -0.05) is 50.2 Å². The van der Waals surface area contributed by atoms with Crippen LogP contribution in [0.3, 0.4) is 0 Å². The summed E-state index contributed by atoms with van der Waals surface area (Å²) in [6.07, 6.45) is -4.44. The van der Waals surface area contributed by atoms with Gasteiger partial charge in [0.05, 0.1) is 28.6 Å². The average molecular weight is 428 g/mol. The summed E-state index contributed by atoms with van der Waals surface area (Å²) in [5.74, 6) is -1.04. The van der Waals surface area contributed by atoms with Gasteiger partial charge in [-0.25, -0.2) is 4.79 Å². The van der Waals surface area contributed by atoms with Gasteiger partial charge in [-0.15, -0.1) is 0 Å². The van der Waals surface area contributed by atoms with Crippen LogP contribution in [0.15, 0.2) is 60.7 Å². The van der Waals surface area contributed by atoms with Gasteiger partial charge in [0, 0.05) is 11.0 Å². The van der Waals surface area contributed by atoms with Crippen LogP contribution in [0.25, 0.3) is 11.3 Å². The Morgan fingerprint density at radius 1 is 1.00 bits per heavy atom. The number of pyridine rings is 1. The molecule has 0 saturated heterocycles. The lowest BCUT2D eigenvalue weighted by atomic mass is 9.76. The Hall–Kier alpha value is -3.19. The molecule has 0 radical (unpaired) electrons. The van der Waals surface area contributed by atoms with Crippen LogP contribution in [-0.4, -0.2) is 16.1 Å². The number of aryl methyl sites for hydroxylation is 1. The van der Waals surface area contributed by atoms with Gasteiger partial charge in [-0.3, -0.25) is 4.98 Å². The zero-order chi connectivity index (χ0) is 23.0. The molecule has 0 fully saturated rings. The first kappa shape index (κ1) is 22.5. The largest absolute Gasteiger partial charge is 0.478 e. The number of carbonyl (C=O) groups is 1. The molecular formula is C24H23F3N2O2. The molecule has 3 aromatic rings. The standard InChI is InChI=1S/C24H23F3N2O2/c1-14-10-11-19(29-20(14)15-6-4-7-16(12-15)22(30)31)21(28)23(2,3)17-8-5-9-18(13-17)24(25,26)27/h4-13,21H,28H2,1-3H3,(H,30,31). The summed E-state index contributed by atoms with van der Waals surface area (Å²) in [5, 5.41) is 9.26. The first-order valence-corrected chi connectivity index (χ1v) is 9.66. The maximum Gasteiger partial charge on any atom is 0.416 e. The minimum absolute atomic E-state index is 0.137. The number of nitrogens with two attached hydrogens (primary N) is 1. The molecule has 0 spiro atoms. The van der Waals surface area contributed by atoms with Gasteiger partial charge in [-0.2, -0.15) is 13.2 Å². The Morgan fingerprint density at radius 2 is 1.65 bits per heavy atom. The number of hydrogen-bond donors (Lipinski definition) is 2. The van der Waals surface area contributed by atoms with E-state index in [4.69, 9.17) is 5.73 Å². The van der Waals surface area contributed by atoms with Crippen molar-refractivity contribution in [3.63, 3.8) is 0 Å². The maximum atomic E-state index is 13.2. The molecular weight excluding hydrogens is 405 g/mol. The summed E-state index contributed by atoms with van der Waals surface area (Å²) in [7, 11) is 0. The van der Waals surface area contributed by atoms with E-state index < -0.39 is 29.2 Å². The number of benzene rings is 2. The predicted molar refractivity (Wildman–Crippen MR) is 113 cm³/mol. The van der Waals surface area contributed by atoms with Crippen molar-refractivity contribution in [3.05, 3.63) is 88.6 Å². The Kier molecular flexibility index (Phi) is 5.91. The minimum atomic E-state index is -4.44. The van der Waals surface area contributed by atoms with E-state index in [0.29, 0.717) is 22.5 Å². The van der Waals surface area contributed by atoms with Crippen LogP contribution in [0.5, 0.6) is 0 Å². The third-order valence-corrected chi connectivity index (χ3v) is 5.53. The second kappa shape index (κ2) is 8.15. The van der Waals surface area contributed by atoms with E-state index in [-0.39, 0.29) is 5.56 Å². The van der Waals surface area contributed by atoms with Gasteiger partial charge in [0.2, 0.25) is 0 Å². The number of hydrogen-bond acceptors (Lipinski definition) is 3. The summed E-state index contributed by atoms with van der Waals surface area (Å²) in [5.41, 5.74) is 8.06. The third-order valence-electron chi connectivity index (χ3n) is 5.53. The lowest BCUT2D eigenvalue weighted by molar-refractivity contribution is -0.137. The second-order valence-electron chi connectivity index (χ2n) is 8.07. The van der Waals surface area contributed by atoms with Crippen molar-refractivity contribution >= 4 is 5.97 Å². The molecule has 0 aliphatic heterocycles. The number of carboxylic acid groups (broad SMARTS) is 1. The van der Waals surface area contributed by atoms with Crippen LogP contribution in [0, 0.1) is 6.92 Å². The summed E-state index contributed by atoms with van der Waals surface area (Å²) < 4.78 is 39.5. The maximum absolute atomic E-state index is 13.2. The van der Waals surface area contributed by atoms with Gasteiger partial charge in [0.15, 0.2) is 0 Å². The highest BCUT2D eigenvalue weighted by Gasteiger charge is 2.35. The van der Waals surface area contributed by atoms with Gasteiger partial charge in [0.25, 0.3) is 0 Å². The van der Waals surface area contributed by atoms with E-state index in [0.717, 1.165) is 17.7 Å². The van der Waals surface area contributed by atoms with Gasteiger partial charge >= 0.3 is 12.1 Å². The third kappa shape index (κ3) is 4.61. The molecule has 0 aliphatic carbocycles. The molecule has 31 heavy (non-hydrogen) atoms. The monoisotopic (exact) mass is 428 g/mol. The first-order valence-electron chi connectivity index (χ1n) is 9.66. The number of rotatable bonds is 5. The molecule has 3 N–H and O–H groups in total. The lowest BCUT2D eigenvalue weighted by Crippen LogP contribution is -2.34. The van der Waals surface area contributed by atoms with Crippen molar-refractivity contribution in [3.8, 4) is 11.3 Å².